The maximum absolute atomic E-state index is 13.4. The van der Waals surface area contributed by atoms with Gasteiger partial charge in [0, 0.05) is 41.3 Å². The van der Waals surface area contributed by atoms with E-state index in [1.165, 1.54) is 17.8 Å². The number of rotatable bonds is 6. The molecular formula is C25H32N6O3S. The molecule has 4 aliphatic rings. The highest BCUT2D eigenvalue weighted by Crippen LogP contribution is 2.48. The van der Waals surface area contributed by atoms with Crippen LogP contribution in [0.15, 0.2) is 41.6 Å². The minimum Gasteiger partial charge on any atom is -0.348 e. The number of amides is 4. The number of hydrogen-bond donors (Lipinski definition) is 4. The van der Waals surface area contributed by atoms with E-state index in [1.807, 2.05) is 17.0 Å². The van der Waals surface area contributed by atoms with Crippen LogP contribution in [0.1, 0.15) is 51.1 Å². The number of carbonyl (C=O) groups is 3. The van der Waals surface area contributed by atoms with Crippen LogP contribution in [0, 0.1) is 5.92 Å². The third kappa shape index (κ3) is 4.45. The lowest BCUT2D eigenvalue weighted by Crippen LogP contribution is -2.62. The molecule has 5 rings (SSSR count). The Morgan fingerprint density at radius 2 is 2.03 bits per heavy atom. The summed E-state index contributed by atoms with van der Waals surface area (Å²) >= 11 is 1.49. The van der Waals surface area contributed by atoms with Crippen molar-refractivity contribution in [3.05, 3.63) is 47.3 Å². The van der Waals surface area contributed by atoms with Crippen LogP contribution in [-0.4, -0.2) is 52.9 Å². The molecule has 3 aliphatic heterocycles. The molecule has 10 heteroatoms. The number of pyridine rings is 1. The molecule has 186 valence electrons. The van der Waals surface area contributed by atoms with Gasteiger partial charge in [0.2, 0.25) is 5.91 Å². The zero-order chi connectivity index (χ0) is 24.7. The summed E-state index contributed by atoms with van der Waals surface area (Å²) in [4.78, 5) is 45.4. The summed E-state index contributed by atoms with van der Waals surface area (Å²) in [5.74, 6) is -0.179. The number of thioether (sulfide) groups is 1. The van der Waals surface area contributed by atoms with Gasteiger partial charge in [-0.3, -0.25) is 19.5 Å². The standard InChI is InChI=1S/C25H32N6O3S/c1-4-19(32)28-15-6-5-7-16(15)29-23(33)22-21-20-18(9-11-27-24(20)35-22)31(25(34)30-21)14-8-10-26-17(12-14)13(2)3/h4,8,10,12-13,15-16,18,20,24,27H,1,5-7,9,11H2,2-3H3,(H,28,32)(H,29,33)(H,30,34)/t15-,16-,18?,20?,24?/m1/s1. The molecule has 0 bridgehead atoms. The molecule has 4 N–H and O–H groups in total. The Morgan fingerprint density at radius 1 is 1.26 bits per heavy atom. The third-order valence-corrected chi connectivity index (χ3v) is 8.68. The van der Waals surface area contributed by atoms with E-state index < -0.39 is 0 Å². The molecule has 1 aromatic heterocycles. The fourth-order valence-corrected chi connectivity index (χ4v) is 7.01. The fourth-order valence-electron chi connectivity index (χ4n) is 5.61. The topological polar surface area (TPSA) is 115 Å². The Bertz CT molecular complexity index is 1090. The molecule has 35 heavy (non-hydrogen) atoms. The zero-order valence-electron chi connectivity index (χ0n) is 20.0. The van der Waals surface area contributed by atoms with Crippen LogP contribution in [-0.2, 0) is 9.59 Å². The molecule has 5 atom stereocenters. The highest BCUT2D eigenvalue weighted by atomic mass is 32.2. The highest BCUT2D eigenvalue weighted by Gasteiger charge is 2.52. The van der Waals surface area contributed by atoms with E-state index in [4.69, 9.17) is 0 Å². The first-order valence-electron chi connectivity index (χ1n) is 12.3. The lowest BCUT2D eigenvalue weighted by Gasteiger charge is -2.45. The van der Waals surface area contributed by atoms with Crippen LogP contribution in [0.5, 0.6) is 0 Å². The van der Waals surface area contributed by atoms with E-state index >= 15 is 0 Å². The van der Waals surface area contributed by atoms with Crippen molar-refractivity contribution in [2.75, 3.05) is 11.4 Å². The number of nitrogens with one attached hydrogen (secondary N) is 4. The van der Waals surface area contributed by atoms with Gasteiger partial charge in [0.15, 0.2) is 0 Å². The predicted octanol–water partition coefficient (Wildman–Crippen LogP) is 2.34. The molecule has 4 heterocycles. The number of aromatic nitrogens is 1. The van der Waals surface area contributed by atoms with Crippen molar-refractivity contribution in [2.45, 2.75) is 68.9 Å². The van der Waals surface area contributed by atoms with Gasteiger partial charge in [-0.25, -0.2) is 4.79 Å². The van der Waals surface area contributed by atoms with Crippen molar-refractivity contribution in [1.82, 2.24) is 26.3 Å². The second kappa shape index (κ2) is 9.66. The van der Waals surface area contributed by atoms with Gasteiger partial charge < -0.3 is 21.3 Å². The first kappa shape index (κ1) is 23.9. The quantitative estimate of drug-likeness (QED) is 0.450. The Kier molecular flexibility index (Phi) is 6.59. The Morgan fingerprint density at radius 3 is 2.77 bits per heavy atom. The van der Waals surface area contributed by atoms with Gasteiger partial charge in [-0.05, 0) is 56.4 Å². The van der Waals surface area contributed by atoms with E-state index in [1.54, 1.807) is 6.20 Å². The van der Waals surface area contributed by atoms with E-state index in [0.717, 1.165) is 43.6 Å². The third-order valence-electron chi connectivity index (χ3n) is 7.33. The summed E-state index contributed by atoms with van der Waals surface area (Å²) in [6.45, 7) is 8.45. The Hall–Kier alpha value is -2.85. The molecule has 0 radical (unpaired) electrons. The summed E-state index contributed by atoms with van der Waals surface area (Å²) in [6.07, 6.45) is 6.35. The highest BCUT2D eigenvalue weighted by molar-refractivity contribution is 8.04. The molecular weight excluding hydrogens is 464 g/mol. The van der Waals surface area contributed by atoms with Gasteiger partial charge in [0.05, 0.1) is 16.3 Å². The monoisotopic (exact) mass is 496 g/mol. The van der Waals surface area contributed by atoms with Crippen molar-refractivity contribution in [3.8, 4) is 0 Å². The molecule has 4 amide bonds. The number of anilines is 1. The average Bonchev–Trinajstić information content (AvgIpc) is 3.44. The van der Waals surface area contributed by atoms with Gasteiger partial charge >= 0.3 is 6.03 Å². The smallest absolute Gasteiger partial charge is 0.326 e. The molecule has 3 fully saturated rings. The summed E-state index contributed by atoms with van der Waals surface area (Å²) < 4.78 is 0. The molecule has 9 nitrogen and oxygen atoms in total. The second-order valence-corrected chi connectivity index (χ2v) is 11.0. The first-order chi connectivity index (χ1) is 16.9. The lowest BCUT2D eigenvalue weighted by molar-refractivity contribution is -0.119. The normalized spacial score (nSPS) is 29.6. The molecule has 3 unspecified atom stereocenters. The number of piperidine rings is 1. The van der Waals surface area contributed by atoms with Crippen LogP contribution in [0.4, 0.5) is 10.5 Å². The average molecular weight is 497 g/mol. The fraction of sp³-hybridized carbons (Fsp3) is 0.520. The number of urea groups is 1. The minimum atomic E-state index is -0.233. The maximum atomic E-state index is 13.4. The number of carbonyl (C=O) groups excluding carboxylic acids is 3. The molecule has 0 spiro atoms. The van der Waals surface area contributed by atoms with Crippen LogP contribution in [0.3, 0.4) is 0 Å². The first-order valence-corrected chi connectivity index (χ1v) is 13.2. The summed E-state index contributed by atoms with van der Waals surface area (Å²) in [7, 11) is 0. The van der Waals surface area contributed by atoms with E-state index in [9.17, 15) is 14.4 Å². The summed E-state index contributed by atoms with van der Waals surface area (Å²) in [5, 5.41) is 12.6. The Balaban J connectivity index is 1.39. The molecule has 1 aromatic rings. The Labute approximate surface area is 209 Å². The number of hydrogen-bond acceptors (Lipinski definition) is 6. The van der Waals surface area contributed by atoms with E-state index in [-0.39, 0.29) is 53.2 Å². The van der Waals surface area contributed by atoms with E-state index in [2.05, 4.69) is 46.7 Å². The largest absolute Gasteiger partial charge is 0.348 e. The summed E-state index contributed by atoms with van der Waals surface area (Å²) in [6, 6.07) is 3.35. The zero-order valence-corrected chi connectivity index (χ0v) is 20.9. The van der Waals surface area contributed by atoms with E-state index in [0.29, 0.717) is 10.6 Å². The van der Waals surface area contributed by atoms with Crippen molar-refractivity contribution in [1.29, 1.82) is 0 Å². The molecule has 0 aromatic carbocycles. The van der Waals surface area contributed by atoms with Gasteiger partial charge in [0.1, 0.15) is 0 Å². The molecule has 2 saturated heterocycles. The lowest BCUT2D eigenvalue weighted by atomic mass is 9.86. The van der Waals surface area contributed by atoms with Crippen LogP contribution in [0.25, 0.3) is 0 Å². The molecule has 1 aliphatic carbocycles. The van der Waals surface area contributed by atoms with Gasteiger partial charge in [0.25, 0.3) is 5.91 Å². The van der Waals surface area contributed by atoms with Crippen LogP contribution in [0.2, 0.25) is 0 Å². The van der Waals surface area contributed by atoms with Gasteiger partial charge in [-0.1, -0.05) is 32.2 Å². The van der Waals surface area contributed by atoms with Crippen molar-refractivity contribution >= 4 is 35.3 Å². The number of nitrogens with zero attached hydrogens (tertiary/aromatic N) is 2. The van der Waals surface area contributed by atoms with Crippen LogP contribution >= 0.6 is 11.8 Å². The van der Waals surface area contributed by atoms with Gasteiger partial charge in [-0.15, -0.1) is 0 Å². The van der Waals surface area contributed by atoms with Crippen molar-refractivity contribution < 1.29 is 14.4 Å². The minimum absolute atomic E-state index is 0.0114. The summed E-state index contributed by atoms with van der Waals surface area (Å²) in [5.41, 5.74) is 2.48. The maximum Gasteiger partial charge on any atom is 0.326 e. The van der Waals surface area contributed by atoms with Crippen molar-refractivity contribution in [2.24, 2.45) is 5.92 Å². The second-order valence-electron chi connectivity index (χ2n) is 9.84. The van der Waals surface area contributed by atoms with Gasteiger partial charge in [-0.2, -0.15) is 0 Å². The predicted molar refractivity (Wildman–Crippen MR) is 136 cm³/mol. The van der Waals surface area contributed by atoms with Crippen molar-refractivity contribution in [3.63, 3.8) is 0 Å². The van der Waals surface area contributed by atoms with Crippen LogP contribution < -0.4 is 26.2 Å². The SMILES string of the molecule is C=CC(=O)N[C@@H]1CCC[C@H]1NC(=O)C1=C2NC(=O)N(c3ccnc(C(C)C)c3)C3CCNC(S1)C23. The molecule has 1 saturated carbocycles.